The number of rotatable bonds is 4. The van der Waals surface area contributed by atoms with Crippen molar-refractivity contribution in [3.63, 3.8) is 0 Å². The van der Waals surface area contributed by atoms with Gasteiger partial charge in [-0.2, -0.15) is 0 Å². The number of hydrogen-bond acceptors (Lipinski definition) is 4. The Labute approximate surface area is 114 Å². The Balaban J connectivity index is 2.05. The fourth-order valence-electron chi connectivity index (χ4n) is 2.45. The molecule has 1 aromatic heterocycles. The van der Waals surface area contributed by atoms with Crippen LogP contribution < -0.4 is 11.1 Å². The van der Waals surface area contributed by atoms with Crippen molar-refractivity contribution in [1.82, 2.24) is 15.2 Å². The number of aryl methyl sites for hydroxylation is 1. The zero-order valence-electron chi connectivity index (χ0n) is 11.6. The molecule has 1 aliphatic heterocycles. The monoisotopic (exact) mass is 262 g/mol. The second-order valence-corrected chi connectivity index (χ2v) is 5.24. The summed E-state index contributed by atoms with van der Waals surface area (Å²) in [5, 5.41) is 3.06. The molecule has 5 nitrogen and oxygen atoms in total. The molecule has 104 valence electrons. The topological polar surface area (TPSA) is 71.2 Å². The van der Waals surface area contributed by atoms with Crippen LogP contribution in [0.5, 0.6) is 0 Å². The summed E-state index contributed by atoms with van der Waals surface area (Å²) in [7, 11) is 2.07. The van der Waals surface area contributed by atoms with Crippen molar-refractivity contribution < 1.29 is 4.79 Å². The summed E-state index contributed by atoms with van der Waals surface area (Å²) in [5.41, 5.74) is 7.26. The van der Waals surface area contributed by atoms with Crippen LogP contribution in [0.15, 0.2) is 12.1 Å². The van der Waals surface area contributed by atoms with Gasteiger partial charge in [-0.15, -0.1) is 0 Å². The Bertz CT molecular complexity index is 461. The van der Waals surface area contributed by atoms with Crippen molar-refractivity contribution in [2.45, 2.75) is 32.2 Å². The lowest BCUT2D eigenvalue weighted by molar-refractivity contribution is 0.0938. The van der Waals surface area contributed by atoms with Crippen LogP contribution in [0.3, 0.4) is 0 Å². The van der Waals surface area contributed by atoms with Gasteiger partial charge in [0, 0.05) is 23.8 Å². The number of pyridine rings is 1. The zero-order valence-corrected chi connectivity index (χ0v) is 11.6. The van der Waals surface area contributed by atoms with Gasteiger partial charge < -0.3 is 16.0 Å². The number of carbonyl (C=O) groups is 1. The molecule has 3 N–H and O–H groups in total. The van der Waals surface area contributed by atoms with E-state index in [1.807, 2.05) is 6.07 Å². The van der Waals surface area contributed by atoms with Crippen molar-refractivity contribution in [3.8, 4) is 0 Å². The van der Waals surface area contributed by atoms with Gasteiger partial charge in [-0.1, -0.05) is 13.3 Å². The minimum Gasteiger partial charge on any atom is -0.384 e. The van der Waals surface area contributed by atoms with Gasteiger partial charge in [0.05, 0.1) is 0 Å². The van der Waals surface area contributed by atoms with Crippen molar-refractivity contribution in [3.05, 3.63) is 23.4 Å². The molecular weight excluding hydrogens is 240 g/mol. The third-order valence-corrected chi connectivity index (χ3v) is 3.39. The average molecular weight is 262 g/mol. The Morgan fingerprint density at radius 2 is 2.37 bits per heavy atom. The summed E-state index contributed by atoms with van der Waals surface area (Å²) < 4.78 is 0. The van der Waals surface area contributed by atoms with E-state index in [0.29, 0.717) is 11.4 Å². The fraction of sp³-hybridized carbons (Fsp3) is 0.571. The van der Waals surface area contributed by atoms with Gasteiger partial charge in [-0.3, -0.25) is 4.79 Å². The van der Waals surface area contributed by atoms with Crippen molar-refractivity contribution >= 4 is 11.7 Å². The number of amides is 1. The Kier molecular flexibility index (Phi) is 4.37. The van der Waals surface area contributed by atoms with E-state index in [2.05, 4.69) is 29.2 Å². The van der Waals surface area contributed by atoms with Crippen LogP contribution in [-0.2, 0) is 6.42 Å². The third kappa shape index (κ3) is 3.67. The van der Waals surface area contributed by atoms with Crippen LogP contribution in [0.25, 0.3) is 0 Å². The number of carbonyl (C=O) groups excluding carboxylic acids is 1. The van der Waals surface area contributed by atoms with E-state index in [1.54, 1.807) is 6.07 Å². The molecule has 0 bridgehead atoms. The minimum absolute atomic E-state index is 0.0493. The first-order valence-corrected chi connectivity index (χ1v) is 6.84. The molecule has 0 spiro atoms. The van der Waals surface area contributed by atoms with Crippen LogP contribution in [0.2, 0.25) is 0 Å². The van der Waals surface area contributed by atoms with E-state index in [-0.39, 0.29) is 11.9 Å². The van der Waals surface area contributed by atoms with Gasteiger partial charge in [-0.05, 0) is 38.6 Å². The average Bonchev–Trinajstić information content (AvgIpc) is 2.74. The number of nitrogens with zero attached hydrogens (tertiary/aromatic N) is 2. The summed E-state index contributed by atoms with van der Waals surface area (Å²) in [4.78, 5) is 18.7. The number of hydrogen-bond donors (Lipinski definition) is 2. The highest BCUT2D eigenvalue weighted by atomic mass is 16.1. The Morgan fingerprint density at radius 1 is 1.58 bits per heavy atom. The highest BCUT2D eigenvalue weighted by Gasteiger charge is 2.21. The molecule has 1 unspecified atom stereocenters. The number of likely N-dealkylation sites (tertiary alicyclic amines) is 1. The standard InChI is InChI=1S/C14H22N4O/c1-3-4-11-7-10(8-13(15)16-11)14(19)17-12-5-6-18(2)9-12/h7-8,12H,3-6,9H2,1-2H3,(H2,15,16)(H,17,19). The molecule has 1 aliphatic rings. The highest BCUT2D eigenvalue weighted by Crippen LogP contribution is 2.12. The van der Waals surface area contributed by atoms with Crippen LogP contribution in [0.4, 0.5) is 5.82 Å². The number of aromatic nitrogens is 1. The lowest BCUT2D eigenvalue weighted by Gasteiger charge is -2.13. The molecule has 2 heterocycles. The lowest BCUT2D eigenvalue weighted by Crippen LogP contribution is -2.36. The van der Waals surface area contributed by atoms with E-state index < -0.39 is 0 Å². The van der Waals surface area contributed by atoms with Crippen molar-refractivity contribution in [2.24, 2.45) is 0 Å². The number of nitrogens with one attached hydrogen (secondary N) is 1. The summed E-state index contributed by atoms with van der Waals surface area (Å²) in [6, 6.07) is 3.72. The van der Waals surface area contributed by atoms with Gasteiger partial charge in [0.2, 0.25) is 0 Å². The van der Waals surface area contributed by atoms with Crippen LogP contribution >= 0.6 is 0 Å². The van der Waals surface area contributed by atoms with E-state index >= 15 is 0 Å². The fourth-order valence-corrected chi connectivity index (χ4v) is 2.45. The molecular formula is C14H22N4O. The molecule has 0 aromatic carbocycles. The summed E-state index contributed by atoms with van der Waals surface area (Å²) in [5.74, 6) is 0.367. The molecule has 0 radical (unpaired) electrons. The predicted octanol–water partition coefficient (Wildman–Crippen LogP) is 1.05. The zero-order chi connectivity index (χ0) is 13.8. The van der Waals surface area contributed by atoms with Crippen molar-refractivity contribution in [2.75, 3.05) is 25.9 Å². The molecule has 1 atom stereocenters. The first-order valence-electron chi connectivity index (χ1n) is 6.84. The Morgan fingerprint density at radius 3 is 3.00 bits per heavy atom. The first-order chi connectivity index (χ1) is 9.08. The van der Waals surface area contributed by atoms with Gasteiger partial charge >= 0.3 is 0 Å². The smallest absolute Gasteiger partial charge is 0.251 e. The number of anilines is 1. The summed E-state index contributed by atoms with van der Waals surface area (Å²) in [6.45, 7) is 4.03. The van der Waals surface area contributed by atoms with Gasteiger partial charge in [-0.25, -0.2) is 4.98 Å². The van der Waals surface area contributed by atoms with Crippen molar-refractivity contribution in [1.29, 1.82) is 0 Å². The molecule has 1 saturated heterocycles. The molecule has 0 aliphatic carbocycles. The number of likely N-dealkylation sites (N-methyl/N-ethyl adjacent to an activating group) is 1. The SMILES string of the molecule is CCCc1cc(C(=O)NC2CCN(C)C2)cc(N)n1. The minimum atomic E-state index is -0.0493. The maximum atomic E-state index is 12.2. The number of nitrogen functional groups attached to an aromatic ring is 1. The lowest BCUT2D eigenvalue weighted by atomic mass is 10.1. The largest absolute Gasteiger partial charge is 0.384 e. The second kappa shape index (κ2) is 6.02. The molecule has 1 aromatic rings. The molecule has 5 heteroatoms. The number of nitrogens with two attached hydrogens (primary N) is 1. The first kappa shape index (κ1) is 13.8. The van der Waals surface area contributed by atoms with Gasteiger partial charge in [0.15, 0.2) is 0 Å². The maximum absolute atomic E-state index is 12.2. The van der Waals surface area contributed by atoms with Gasteiger partial charge in [0.1, 0.15) is 5.82 Å². The van der Waals surface area contributed by atoms with Gasteiger partial charge in [0.25, 0.3) is 5.91 Å². The molecule has 2 rings (SSSR count). The Hall–Kier alpha value is -1.62. The van der Waals surface area contributed by atoms with E-state index in [0.717, 1.165) is 38.0 Å². The highest BCUT2D eigenvalue weighted by molar-refractivity contribution is 5.95. The normalized spacial score (nSPS) is 19.6. The molecule has 1 fully saturated rings. The predicted molar refractivity (Wildman–Crippen MR) is 76.0 cm³/mol. The summed E-state index contributed by atoms with van der Waals surface area (Å²) >= 11 is 0. The second-order valence-electron chi connectivity index (χ2n) is 5.24. The molecule has 0 saturated carbocycles. The third-order valence-electron chi connectivity index (χ3n) is 3.39. The van der Waals surface area contributed by atoms with Crippen LogP contribution in [0.1, 0.15) is 35.8 Å². The van der Waals surface area contributed by atoms with Crippen LogP contribution in [-0.4, -0.2) is 42.0 Å². The van der Waals surface area contributed by atoms with Crippen LogP contribution in [0, 0.1) is 0 Å². The van der Waals surface area contributed by atoms with E-state index in [9.17, 15) is 4.79 Å². The molecule has 1 amide bonds. The quantitative estimate of drug-likeness (QED) is 0.851. The maximum Gasteiger partial charge on any atom is 0.251 e. The molecule has 19 heavy (non-hydrogen) atoms. The van der Waals surface area contributed by atoms with E-state index in [4.69, 9.17) is 5.73 Å². The van der Waals surface area contributed by atoms with E-state index in [1.165, 1.54) is 0 Å². The summed E-state index contributed by atoms with van der Waals surface area (Å²) in [6.07, 6.45) is 2.84.